The molecule has 8 nitrogen and oxygen atoms in total. The molecule has 0 aromatic carbocycles. The molecule has 12 heteroatoms. The Morgan fingerprint density at radius 2 is 1.71 bits per heavy atom. The normalized spacial score (nSPS) is 18.1. The van der Waals surface area contributed by atoms with Gasteiger partial charge in [-0.05, 0) is 26.2 Å². The molecule has 0 aliphatic carbocycles. The summed E-state index contributed by atoms with van der Waals surface area (Å²) < 4.78 is 57.5. The fraction of sp³-hybridized carbons (Fsp3) is 0.688. The predicted molar refractivity (Wildman–Crippen MR) is 95.6 cm³/mol. The van der Waals surface area contributed by atoms with E-state index in [1.807, 2.05) is 0 Å². The first-order chi connectivity index (χ1) is 13.1. The molecule has 0 unspecified atom stereocenters. The van der Waals surface area contributed by atoms with Gasteiger partial charge in [0.05, 0.1) is 11.4 Å². The summed E-state index contributed by atoms with van der Waals surface area (Å²) in [5.74, 6) is -1.57. The Kier molecular flexibility index (Phi) is 7.21. The number of hydrogen-bond donors (Lipinski definition) is 1. The summed E-state index contributed by atoms with van der Waals surface area (Å²) in [5.41, 5.74) is 2.16. The first kappa shape index (κ1) is 22.3. The van der Waals surface area contributed by atoms with Crippen molar-refractivity contribution in [2.24, 2.45) is 0 Å². The third-order valence-corrected chi connectivity index (χ3v) is 6.51. The second-order valence-corrected chi connectivity index (χ2v) is 8.68. The van der Waals surface area contributed by atoms with Gasteiger partial charge in [-0.2, -0.15) is 13.2 Å². The molecule has 2 aliphatic heterocycles. The van der Waals surface area contributed by atoms with Gasteiger partial charge in [0.15, 0.2) is 0 Å². The Labute approximate surface area is 161 Å². The van der Waals surface area contributed by atoms with Crippen molar-refractivity contribution >= 4 is 21.8 Å². The van der Waals surface area contributed by atoms with E-state index in [1.54, 1.807) is 17.6 Å². The molecule has 0 amide bonds. The van der Waals surface area contributed by atoms with Gasteiger partial charge in [0.1, 0.15) is 12.1 Å². The highest BCUT2D eigenvalue weighted by Crippen LogP contribution is 2.27. The predicted octanol–water partition coefficient (Wildman–Crippen LogP) is 1.46. The second kappa shape index (κ2) is 9.03. The van der Waals surface area contributed by atoms with E-state index in [0.29, 0.717) is 25.9 Å². The van der Waals surface area contributed by atoms with Crippen molar-refractivity contribution in [1.29, 1.82) is 0 Å². The molecule has 0 saturated carbocycles. The minimum atomic E-state index is -5.08. The van der Waals surface area contributed by atoms with E-state index < -0.39 is 22.2 Å². The quantitative estimate of drug-likeness (QED) is 0.783. The zero-order valence-corrected chi connectivity index (χ0v) is 16.3. The van der Waals surface area contributed by atoms with Gasteiger partial charge in [0.2, 0.25) is 10.0 Å². The molecule has 1 N–H and O–H groups in total. The number of alkyl halides is 3. The zero-order chi connectivity index (χ0) is 20.9. The molecule has 1 fully saturated rings. The molecule has 1 aromatic heterocycles. The van der Waals surface area contributed by atoms with Crippen molar-refractivity contribution in [3.63, 3.8) is 0 Å². The van der Waals surface area contributed by atoms with Crippen molar-refractivity contribution < 1.29 is 31.5 Å². The van der Waals surface area contributed by atoms with Crippen LogP contribution in [0.15, 0.2) is 6.33 Å². The van der Waals surface area contributed by atoms with Crippen LogP contribution in [-0.2, 0) is 27.7 Å². The fourth-order valence-corrected chi connectivity index (χ4v) is 4.25. The topological polar surface area (TPSA) is 104 Å². The third-order valence-electron chi connectivity index (χ3n) is 4.63. The van der Waals surface area contributed by atoms with Crippen molar-refractivity contribution in [1.82, 2.24) is 14.3 Å². The lowest BCUT2D eigenvalue weighted by molar-refractivity contribution is -0.192. The van der Waals surface area contributed by atoms with Crippen LogP contribution in [0.4, 0.5) is 19.0 Å². The molecule has 158 valence electrons. The van der Waals surface area contributed by atoms with E-state index in [1.165, 1.54) is 12.8 Å². The zero-order valence-electron chi connectivity index (χ0n) is 15.4. The van der Waals surface area contributed by atoms with Crippen molar-refractivity contribution in [2.45, 2.75) is 38.8 Å². The summed E-state index contributed by atoms with van der Waals surface area (Å²) in [6, 6.07) is 0. The van der Waals surface area contributed by atoms with Gasteiger partial charge in [-0.3, -0.25) is 0 Å². The SMILES string of the molecule is CCS(=O)(=O)N1CCc2ncnc(N3CCCC3)c2CC1.O=C(O)C(F)(F)F. The number of nitrogens with zero attached hydrogens (tertiary/aromatic N) is 4. The first-order valence-electron chi connectivity index (χ1n) is 8.92. The van der Waals surface area contributed by atoms with Gasteiger partial charge >= 0.3 is 12.1 Å². The highest BCUT2D eigenvalue weighted by molar-refractivity contribution is 7.89. The smallest absolute Gasteiger partial charge is 0.475 e. The molecule has 3 heterocycles. The fourth-order valence-electron chi connectivity index (χ4n) is 3.15. The number of carboxylic acid groups (broad SMARTS) is 1. The number of carbonyl (C=O) groups is 1. The number of fused-ring (bicyclic) bond motifs is 1. The number of halogens is 3. The molecule has 1 aromatic rings. The van der Waals surface area contributed by atoms with Crippen LogP contribution >= 0.6 is 0 Å². The molecule has 0 radical (unpaired) electrons. The average molecular weight is 424 g/mol. The van der Waals surface area contributed by atoms with E-state index in [0.717, 1.165) is 30.2 Å². The standard InChI is InChI=1S/C14H22N4O2S.C2HF3O2/c1-2-21(19,20)18-9-5-12-13(6-10-18)15-11-16-14(12)17-7-3-4-8-17;3-2(4,5)1(6)7/h11H,2-10H2,1H3;(H,6,7). The van der Waals surface area contributed by atoms with E-state index >= 15 is 0 Å². The summed E-state index contributed by atoms with van der Waals surface area (Å²) in [6.07, 6.45) is 0.333. The molecule has 3 rings (SSSR count). The van der Waals surface area contributed by atoms with Crippen LogP contribution in [0.1, 0.15) is 31.0 Å². The molecule has 1 saturated heterocycles. The van der Waals surface area contributed by atoms with Gasteiger partial charge < -0.3 is 10.0 Å². The lowest BCUT2D eigenvalue weighted by Crippen LogP contribution is -2.34. The van der Waals surface area contributed by atoms with E-state index in [4.69, 9.17) is 9.90 Å². The minimum absolute atomic E-state index is 0.161. The summed E-state index contributed by atoms with van der Waals surface area (Å²) in [7, 11) is -3.12. The van der Waals surface area contributed by atoms with E-state index in [-0.39, 0.29) is 5.75 Å². The number of anilines is 1. The van der Waals surface area contributed by atoms with Crippen LogP contribution in [0, 0.1) is 0 Å². The maximum absolute atomic E-state index is 12.1. The monoisotopic (exact) mass is 424 g/mol. The first-order valence-corrected chi connectivity index (χ1v) is 10.5. The highest BCUT2D eigenvalue weighted by Gasteiger charge is 2.38. The summed E-state index contributed by atoms with van der Waals surface area (Å²) in [6.45, 7) is 4.85. The van der Waals surface area contributed by atoms with Gasteiger partial charge in [0.25, 0.3) is 0 Å². The lowest BCUT2D eigenvalue weighted by Gasteiger charge is -2.21. The van der Waals surface area contributed by atoms with Gasteiger partial charge in [-0.25, -0.2) is 27.5 Å². The number of aromatic nitrogens is 2. The number of hydrogen-bond acceptors (Lipinski definition) is 6. The van der Waals surface area contributed by atoms with Crippen LogP contribution in [0.3, 0.4) is 0 Å². The second-order valence-electron chi connectivity index (χ2n) is 6.42. The molecule has 2 aliphatic rings. The van der Waals surface area contributed by atoms with Gasteiger partial charge in [-0.15, -0.1) is 0 Å². The van der Waals surface area contributed by atoms with E-state index in [9.17, 15) is 21.6 Å². The summed E-state index contributed by atoms with van der Waals surface area (Å²) in [4.78, 5) is 20.1. The average Bonchev–Trinajstić information content (AvgIpc) is 3.06. The van der Waals surface area contributed by atoms with Crippen molar-refractivity contribution in [3.8, 4) is 0 Å². The Morgan fingerprint density at radius 1 is 1.14 bits per heavy atom. The Bertz CT molecular complexity index is 796. The molecule has 0 bridgehead atoms. The van der Waals surface area contributed by atoms with Crippen LogP contribution in [0.2, 0.25) is 0 Å². The third kappa shape index (κ3) is 5.53. The molecular formula is C16H23F3N4O4S. The number of rotatable bonds is 3. The van der Waals surface area contributed by atoms with Gasteiger partial charge in [0, 0.05) is 38.2 Å². The summed E-state index contributed by atoms with van der Waals surface area (Å²) in [5, 5.41) is 7.12. The largest absolute Gasteiger partial charge is 0.490 e. The summed E-state index contributed by atoms with van der Waals surface area (Å²) >= 11 is 0. The highest BCUT2D eigenvalue weighted by atomic mass is 32.2. The molecule has 0 atom stereocenters. The van der Waals surface area contributed by atoms with Crippen LogP contribution in [0.5, 0.6) is 0 Å². The Morgan fingerprint density at radius 3 is 2.25 bits per heavy atom. The molecule has 28 heavy (non-hydrogen) atoms. The van der Waals surface area contributed by atoms with E-state index in [2.05, 4.69) is 14.9 Å². The molecular weight excluding hydrogens is 401 g/mol. The van der Waals surface area contributed by atoms with Gasteiger partial charge in [-0.1, -0.05) is 0 Å². The maximum atomic E-state index is 12.1. The Hall–Kier alpha value is -1.95. The minimum Gasteiger partial charge on any atom is -0.475 e. The van der Waals surface area contributed by atoms with Crippen LogP contribution in [0.25, 0.3) is 0 Å². The van der Waals surface area contributed by atoms with Crippen LogP contribution in [-0.4, -0.2) is 71.9 Å². The molecule has 0 spiro atoms. The van der Waals surface area contributed by atoms with Crippen molar-refractivity contribution in [2.75, 3.05) is 36.8 Å². The van der Waals surface area contributed by atoms with Crippen LogP contribution < -0.4 is 4.90 Å². The number of carboxylic acids is 1. The number of aliphatic carboxylic acids is 1. The lowest BCUT2D eigenvalue weighted by atomic mass is 10.1. The van der Waals surface area contributed by atoms with Crippen molar-refractivity contribution in [3.05, 3.63) is 17.6 Å². The maximum Gasteiger partial charge on any atom is 0.490 e. The number of sulfonamides is 1. The Balaban J connectivity index is 0.000000345.